The van der Waals surface area contributed by atoms with Crippen molar-refractivity contribution in [1.82, 2.24) is 0 Å². The van der Waals surface area contributed by atoms with Gasteiger partial charge in [-0.1, -0.05) is 0 Å². The Balaban J connectivity index is 2.49. The zero-order valence-corrected chi connectivity index (χ0v) is 4.96. The number of hydrogen-bond donors (Lipinski definition) is 0. The van der Waals surface area contributed by atoms with Crippen molar-refractivity contribution in [1.29, 1.82) is 0 Å². The quantitative estimate of drug-likeness (QED) is 0.263. The van der Waals surface area contributed by atoms with Crippen LogP contribution in [-0.2, 0) is 15.3 Å². The molecule has 6 heavy (non-hydrogen) atoms. The molecule has 1 aliphatic rings. The predicted molar refractivity (Wildman–Crippen MR) is 27.0 cm³/mol. The van der Waals surface area contributed by atoms with Gasteiger partial charge >= 0.3 is 6.28 Å². The van der Waals surface area contributed by atoms with Gasteiger partial charge in [0.15, 0.2) is 6.37 Å². The third-order valence-corrected chi connectivity index (χ3v) is 3.71. The Labute approximate surface area is 40.7 Å². The van der Waals surface area contributed by atoms with E-state index in [0.29, 0.717) is 0 Å². The van der Waals surface area contributed by atoms with Crippen LogP contribution in [0.25, 0.3) is 0 Å². The molecule has 1 radical (unpaired) electrons. The van der Waals surface area contributed by atoms with Crippen LogP contribution in [0.2, 0.25) is 0 Å². The van der Waals surface area contributed by atoms with Crippen LogP contribution in [0, 0.1) is 0 Å². The van der Waals surface area contributed by atoms with E-state index in [1.807, 2.05) is 0 Å². The SMILES string of the molecule is COP1([O-])=[S+][B]1. The minimum Gasteiger partial charge on any atom is -0.770 e. The van der Waals surface area contributed by atoms with Gasteiger partial charge in [0, 0.05) is 7.11 Å². The fraction of sp³-hybridized carbons (Fsp3) is 1.00. The van der Waals surface area contributed by atoms with E-state index in [2.05, 4.69) is 4.52 Å². The van der Waals surface area contributed by atoms with Gasteiger partial charge in [-0.2, -0.15) is 0 Å². The molecule has 2 nitrogen and oxygen atoms in total. The second kappa shape index (κ2) is 1.30. The lowest BCUT2D eigenvalue weighted by molar-refractivity contribution is -0.172. The molecule has 1 atom stereocenters. The molecule has 0 bridgehead atoms. The largest absolute Gasteiger partial charge is 0.770 e. The van der Waals surface area contributed by atoms with E-state index in [9.17, 15) is 4.89 Å². The van der Waals surface area contributed by atoms with Crippen LogP contribution < -0.4 is 4.89 Å². The summed E-state index contributed by atoms with van der Waals surface area (Å²) in [5.41, 5.74) is 0. The molecule has 1 aliphatic heterocycles. The average Bonchev–Trinajstić information content (AvgIpc) is 2.22. The summed E-state index contributed by atoms with van der Waals surface area (Å²) in [5, 5.41) is 0. The molecule has 33 valence electrons. The summed E-state index contributed by atoms with van der Waals surface area (Å²) >= 11 is 0. The molecule has 5 heteroatoms. The normalized spacial score (nSPS) is 40.3. The summed E-state index contributed by atoms with van der Waals surface area (Å²) in [6.07, 6.45) is -0.487. The summed E-state index contributed by atoms with van der Waals surface area (Å²) in [7, 11) is 2.73. The van der Waals surface area contributed by atoms with Gasteiger partial charge in [0.1, 0.15) is 0 Å². The maximum Gasteiger partial charge on any atom is 0.635 e. The molecule has 0 fully saturated rings. The Hall–Kier alpha value is 0.635. The summed E-state index contributed by atoms with van der Waals surface area (Å²) in [6, 6.07) is 0. The first-order valence-corrected chi connectivity index (χ1v) is 4.63. The summed E-state index contributed by atoms with van der Waals surface area (Å²) < 4.78 is 4.51. The lowest BCUT2D eigenvalue weighted by Crippen LogP contribution is -1.93. The van der Waals surface area contributed by atoms with Crippen LogP contribution >= 0.6 is 6.37 Å². The van der Waals surface area contributed by atoms with Gasteiger partial charge in [-0.05, 0) is 0 Å². The van der Waals surface area contributed by atoms with Crippen molar-refractivity contribution in [2.24, 2.45) is 0 Å². The third-order valence-electron chi connectivity index (χ3n) is 0.532. The number of rotatable bonds is 1. The van der Waals surface area contributed by atoms with Crippen LogP contribution in [0.1, 0.15) is 0 Å². The molecule has 1 unspecified atom stereocenters. The standard InChI is InChI=1S/CH3BO2PS/c1-4-5(3)2-6-5/h1H3. The highest BCUT2D eigenvalue weighted by Crippen LogP contribution is 2.47. The van der Waals surface area contributed by atoms with Crippen molar-refractivity contribution in [2.45, 2.75) is 0 Å². The highest BCUT2D eigenvalue weighted by molar-refractivity contribution is 8.67. The van der Waals surface area contributed by atoms with Crippen LogP contribution in [0.3, 0.4) is 0 Å². The van der Waals surface area contributed by atoms with Gasteiger partial charge < -0.3 is 9.42 Å². The second-order valence-electron chi connectivity index (χ2n) is 0.933. The fourth-order valence-corrected chi connectivity index (χ4v) is 1.81. The monoisotopic (exact) mass is 121 g/mol. The van der Waals surface area contributed by atoms with E-state index >= 15 is 0 Å². The molecule has 0 aromatic heterocycles. The van der Waals surface area contributed by atoms with Gasteiger partial charge in [-0.15, -0.1) is 0 Å². The molecule has 0 aromatic rings. The van der Waals surface area contributed by atoms with Crippen molar-refractivity contribution >= 4 is 23.4 Å². The predicted octanol–water partition coefficient (Wildman–Crippen LogP) is -0.614. The molecule has 0 amide bonds. The van der Waals surface area contributed by atoms with Gasteiger partial charge in [0.25, 0.3) is 0 Å². The lowest BCUT2D eigenvalue weighted by atomic mass is 10.7. The van der Waals surface area contributed by atoms with E-state index in [1.54, 1.807) is 6.28 Å². The molecule has 0 aromatic carbocycles. The van der Waals surface area contributed by atoms with Gasteiger partial charge in [-0.25, -0.2) is 0 Å². The zero-order chi connectivity index (χ0) is 4.62. The minimum atomic E-state index is -2.10. The molecule has 0 saturated heterocycles. The average molecular weight is 121 g/mol. The summed E-state index contributed by atoms with van der Waals surface area (Å²) in [4.78, 5) is 10.4. The molecule has 1 rings (SSSR count). The van der Waals surface area contributed by atoms with Crippen LogP contribution in [0.4, 0.5) is 0 Å². The van der Waals surface area contributed by atoms with Gasteiger partial charge in [-0.3, -0.25) is 0 Å². The fourth-order valence-electron chi connectivity index (χ4n) is 0.125. The first-order chi connectivity index (χ1) is 2.77. The lowest BCUT2D eigenvalue weighted by Gasteiger charge is -1.97. The zero-order valence-electron chi connectivity index (χ0n) is 3.25. The maximum absolute atomic E-state index is 10.4. The van der Waals surface area contributed by atoms with Crippen molar-refractivity contribution in [3.05, 3.63) is 0 Å². The molecule has 0 saturated carbocycles. The molecule has 1 heterocycles. The third kappa shape index (κ3) is 0.821. The van der Waals surface area contributed by atoms with Crippen molar-refractivity contribution in [2.75, 3.05) is 7.11 Å². The highest BCUT2D eigenvalue weighted by Gasteiger charge is 2.41. The van der Waals surface area contributed by atoms with Gasteiger partial charge in [0.05, 0.1) is 10.8 Å². The Morgan fingerprint density at radius 3 is 2.50 bits per heavy atom. The Kier molecular flexibility index (Phi) is 1.04. The summed E-state index contributed by atoms with van der Waals surface area (Å²) in [6.45, 7) is 0. The van der Waals surface area contributed by atoms with Crippen LogP contribution in [0.5, 0.6) is 0 Å². The first-order valence-electron chi connectivity index (χ1n) is 1.45. The maximum atomic E-state index is 10.4. The molecule has 0 N–H and O–H groups in total. The molecule has 0 aliphatic carbocycles. The highest BCUT2D eigenvalue weighted by atomic mass is 32.5. The first kappa shape index (κ1) is 4.79. The van der Waals surface area contributed by atoms with Crippen molar-refractivity contribution in [3.8, 4) is 0 Å². The molecule has 0 spiro atoms. The smallest absolute Gasteiger partial charge is 0.635 e. The topological polar surface area (TPSA) is 32.3 Å². The molecular formula is CH3BO2PS. The summed E-state index contributed by atoms with van der Waals surface area (Å²) in [5.74, 6) is 0. The second-order valence-corrected chi connectivity index (χ2v) is 5.59. The Morgan fingerprint density at radius 1 is 2.00 bits per heavy atom. The van der Waals surface area contributed by atoms with E-state index in [-0.39, 0.29) is 0 Å². The van der Waals surface area contributed by atoms with Crippen LogP contribution in [0.15, 0.2) is 0 Å². The Bertz CT molecular complexity index is 112. The van der Waals surface area contributed by atoms with E-state index in [0.717, 1.165) is 0 Å². The van der Waals surface area contributed by atoms with Crippen LogP contribution in [-0.4, -0.2) is 13.4 Å². The number of hydrogen-bond acceptors (Lipinski definition) is 2. The van der Waals surface area contributed by atoms with Crippen molar-refractivity contribution in [3.63, 3.8) is 0 Å². The Morgan fingerprint density at radius 2 is 2.50 bits per heavy atom. The van der Waals surface area contributed by atoms with Gasteiger partial charge in [0.2, 0.25) is 0 Å². The minimum absolute atomic E-state index is 1.28. The molecular weight excluding hydrogens is 118 g/mol. The van der Waals surface area contributed by atoms with E-state index in [4.69, 9.17) is 0 Å². The van der Waals surface area contributed by atoms with E-state index in [1.165, 1.54) is 17.9 Å². The van der Waals surface area contributed by atoms with Crippen molar-refractivity contribution < 1.29 is 9.42 Å². The van der Waals surface area contributed by atoms with E-state index < -0.39 is 6.37 Å².